The quantitative estimate of drug-likeness (QED) is 0.0469. The molecule has 0 spiro atoms. The highest BCUT2D eigenvalue weighted by Crippen LogP contribution is 2.14. The Morgan fingerprint density at radius 1 is 0.386 bits per heavy atom. The summed E-state index contributed by atoms with van der Waals surface area (Å²) in [7, 11) is 0. The van der Waals surface area contributed by atoms with Crippen LogP contribution in [0.15, 0.2) is 194 Å². The van der Waals surface area contributed by atoms with Gasteiger partial charge in [0.2, 0.25) is 16.3 Å². The van der Waals surface area contributed by atoms with Gasteiger partial charge in [0.05, 0.1) is 0 Å². The first-order chi connectivity index (χ1) is 34.2. The number of benzene rings is 7. The summed E-state index contributed by atoms with van der Waals surface area (Å²) < 4.78 is 10.6. The maximum absolute atomic E-state index is 2.36. The third-order valence-electron chi connectivity index (χ3n) is 13.4. The van der Waals surface area contributed by atoms with E-state index in [9.17, 15) is 0 Å². The van der Waals surface area contributed by atoms with Gasteiger partial charge in [-0.1, -0.05) is 328 Å². The minimum absolute atomic E-state index is 0. The Hall–Kier alpha value is -2.80. The van der Waals surface area contributed by atoms with Crippen LogP contribution in [0, 0.1) is 20.8 Å². The van der Waals surface area contributed by atoms with Gasteiger partial charge < -0.3 is 0 Å². The molecule has 0 N–H and O–H groups in total. The SMILES string of the molecule is CCCCCCCCCCCCCCCCC[CH2][AlH2].Cc1ccc[c]([AlH2])c1C.Cc1cccc[c]1[Al]([CH3])[CH3].[HH].[HH].c1cc[c]([AlH][c]2ccccc2)cc1.c1cc[c]([Al]([c]2ccccc2)[c]2ccccc2)cc1. The Kier molecular flexibility index (Phi) is 35.7. The summed E-state index contributed by atoms with van der Waals surface area (Å²) in [4.78, 5) is 0. The summed E-state index contributed by atoms with van der Waals surface area (Å²) in [6.07, 6.45) is 23.7. The predicted octanol–water partition coefficient (Wildman–Crippen LogP) is 12.6. The lowest BCUT2D eigenvalue weighted by Gasteiger charge is -2.13. The van der Waals surface area contributed by atoms with Gasteiger partial charge in [-0.3, -0.25) is 0 Å². The molecule has 0 saturated heterocycles. The fourth-order valence-electron chi connectivity index (χ4n) is 8.87. The van der Waals surface area contributed by atoms with Gasteiger partial charge in [0.1, 0.15) is 0 Å². The largest absolute Gasteiger partial charge is 0.383 e. The topological polar surface area (TPSA) is 0 Å². The predicted molar refractivity (Wildman–Crippen MR) is 333 cm³/mol. The number of hydrogen-bond donors (Lipinski definition) is 0. The third-order valence-corrected chi connectivity index (χ3v) is 22.0. The molecule has 0 atom stereocenters. The molecule has 0 saturated carbocycles. The minimum Gasteiger partial charge on any atom is -0.118 e. The second kappa shape index (κ2) is 40.7. The van der Waals surface area contributed by atoms with E-state index in [2.05, 4.69) is 233 Å². The first-order valence-corrected chi connectivity index (χ1v) is 36.0. The van der Waals surface area contributed by atoms with Gasteiger partial charge in [-0.25, -0.2) is 0 Å². The van der Waals surface area contributed by atoms with Gasteiger partial charge in [-0.15, -0.1) is 34.6 Å². The molecule has 0 heterocycles. The van der Waals surface area contributed by atoms with Crippen molar-refractivity contribution >= 4 is 107 Å². The van der Waals surface area contributed by atoms with Gasteiger partial charge in [-0.05, 0) is 26.3 Å². The molecule has 0 fully saturated rings. The van der Waals surface area contributed by atoms with Crippen molar-refractivity contribution in [2.45, 2.75) is 147 Å². The van der Waals surface area contributed by atoms with Crippen molar-refractivity contribution in [3.05, 3.63) is 211 Å². The van der Waals surface area contributed by atoms with Crippen molar-refractivity contribution < 1.29 is 2.85 Å². The van der Waals surface area contributed by atoms with Gasteiger partial charge in [-0.2, -0.15) is 0 Å². The zero-order valence-electron chi connectivity index (χ0n) is 45.4. The van der Waals surface area contributed by atoms with E-state index in [1.807, 2.05) is 0 Å². The standard InChI is InChI=1S/C18H37.C8H9.C7H7.5C6H5.2CH3.5Al.2H2.5H/c1-3-5-7-9-11-13-15-17-18-16-14-12-10-8-6-4-2;1-7-5-3-4-6-8(7)2;1-7-5-3-2-4-6-7;5*1-2-4-6-5-3-1;;;;;;;;;;;;;;/h1,3-18H2,2H3;3-5H,1-2H3;2-5H,1H3;5*1-5H;2*1H3;;;;;;2*1H;;;;;. The van der Waals surface area contributed by atoms with E-state index in [-0.39, 0.29) is 18.1 Å². The number of rotatable bonds is 22. The van der Waals surface area contributed by atoms with Crippen LogP contribution in [0.5, 0.6) is 0 Å². The molecule has 0 aliphatic rings. The Balaban J connectivity index is 0.000000460. The van der Waals surface area contributed by atoms with Gasteiger partial charge in [0.15, 0.2) is 0 Å². The smallest absolute Gasteiger partial charge is 0.118 e. The first kappa shape index (κ1) is 61.5. The molecule has 7 rings (SSSR count). The highest BCUT2D eigenvalue weighted by atomic mass is 27.2. The van der Waals surface area contributed by atoms with E-state index in [1.165, 1.54) is 184 Å². The van der Waals surface area contributed by atoms with Crippen LogP contribution in [0.4, 0.5) is 0 Å². The molecule has 0 bridgehead atoms. The summed E-state index contributed by atoms with van der Waals surface area (Å²) in [5.74, 6) is 4.73. The van der Waals surface area contributed by atoms with Crippen LogP contribution in [0.3, 0.4) is 0 Å². The molecule has 0 aliphatic heterocycles. The summed E-state index contributed by atoms with van der Waals surface area (Å²) in [5.41, 5.74) is 4.36. The molecule has 0 aliphatic carbocycles. The normalized spacial score (nSPS) is 10.1. The van der Waals surface area contributed by atoms with Crippen molar-refractivity contribution in [2.24, 2.45) is 0 Å². The summed E-state index contributed by atoms with van der Waals surface area (Å²) in [6, 6.07) is 69.4. The van der Waals surface area contributed by atoms with Crippen LogP contribution < -0.4 is 31.0 Å². The average Bonchev–Trinajstić information content (AvgIpc) is 3.39. The highest BCUT2D eigenvalue weighted by Gasteiger charge is 2.24. The van der Waals surface area contributed by atoms with E-state index in [4.69, 9.17) is 0 Å². The summed E-state index contributed by atoms with van der Waals surface area (Å²) >= 11 is 0.474. The lowest BCUT2D eigenvalue weighted by atomic mass is 10.0. The van der Waals surface area contributed by atoms with Gasteiger partial charge >= 0.3 is 29.4 Å². The first-order valence-electron chi connectivity index (χ1n) is 27.6. The van der Waals surface area contributed by atoms with E-state index in [1.54, 1.807) is 4.43 Å². The zero-order valence-corrected chi connectivity index (χ0v) is 53.1. The molecule has 70 heavy (non-hydrogen) atoms. The lowest BCUT2D eigenvalue weighted by Crippen LogP contribution is -2.51. The summed E-state index contributed by atoms with van der Waals surface area (Å²) in [6.45, 7) is 8.85. The monoisotopic (exact) mass is 1010 g/mol. The Morgan fingerprint density at radius 3 is 1.03 bits per heavy atom. The van der Waals surface area contributed by atoms with Crippen LogP contribution in [0.25, 0.3) is 0 Å². The van der Waals surface area contributed by atoms with Crippen LogP contribution in [-0.4, -0.2) is 76.1 Å². The van der Waals surface area contributed by atoms with Crippen molar-refractivity contribution in [1.82, 2.24) is 0 Å². The van der Waals surface area contributed by atoms with Crippen molar-refractivity contribution in [1.29, 1.82) is 0 Å². The van der Waals surface area contributed by atoms with Crippen molar-refractivity contribution in [3.8, 4) is 0 Å². The summed E-state index contributed by atoms with van der Waals surface area (Å²) in [5, 5.41) is 1.51. The molecule has 5 heteroatoms. The fourth-order valence-corrected chi connectivity index (χ4v) is 15.9. The molecule has 0 radical (unpaired) electrons. The molecule has 0 nitrogen and oxygen atoms in total. The molecular formula is C65H93Al5. The van der Waals surface area contributed by atoms with Crippen LogP contribution in [0.1, 0.15) is 129 Å². The Labute approximate surface area is 463 Å². The van der Waals surface area contributed by atoms with Crippen LogP contribution in [0.2, 0.25) is 16.9 Å². The molecule has 7 aromatic carbocycles. The van der Waals surface area contributed by atoms with Crippen LogP contribution >= 0.6 is 0 Å². The Morgan fingerprint density at radius 2 is 0.714 bits per heavy atom. The van der Waals surface area contributed by atoms with E-state index >= 15 is 0 Å². The number of hydrogen-bond acceptors (Lipinski definition) is 0. The Bertz CT molecular complexity index is 2110. The fraction of sp³-hybridized carbons (Fsp3) is 0.354. The maximum atomic E-state index is 2.36. The van der Waals surface area contributed by atoms with Crippen molar-refractivity contribution in [3.63, 3.8) is 0 Å². The van der Waals surface area contributed by atoms with E-state index in [0.29, 0.717) is 0 Å². The van der Waals surface area contributed by atoms with Crippen molar-refractivity contribution in [2.75, 3.05) is 0 Å². The van der Waals surface area contributed by atoms with Gasteiger partial charge in [0, 0.05) is 2.85 Å². The van der Waals surface area contributed by atoms with E-state index in [0.717, 1.165) is 0 Å². The third kappa shape index (κ3) is 27.9. The highest BCUT2D eigenvalue weighted by molar-refractivity contribution is 6.95. The molecule has 0 amide bonds. The number of unbranched alkanes of at least 4 members (excludes halogenated alkanes) is 15. The molecule has 7 aromatic rings. The van der Waals surface area contributed by atoms with E-state index < -0.39 is 28.3 Å². The van der Waals surface area contributed by atoms with Gasteiger partial charge in [0.25, 0.3) is 30.4 Å². The second-order valence-corrected chi connectivity index (χ2v) is 29.5. The lowest BCUT2D eigenvalue weighted by molar-refractivity contribution is 0.531. The van der Waals surface area contributed by atoms with Crippen LogP contribution in [-0.2, 0) is 0 Å². The zero-order chi connectivity index (χ0) is 50.3. The second-order valence-electron chi connectivity index (χ2n) is 19.6. The molecule has 368 valence electrons. The maximum Gasteiger partial charge on any atom is 0.383 e. The minimum atomic E-state index is -1.31. The molecule has 0 unspecified atom stereocenters. The average molecular weight is 1010 g/mol. The number of aryl methyl sites for hydroxylation is 2. The molecule has 0 aromatic heterocycles. The molecular weight excluding hydrogens is 916 g/mol.